The lowest BCUT2D eigenvalue weighted by Gasteiger charge is -2.57. The van der Waals surface area contributed by atoms with Crippen LogP contribution in [0.5, 0.6) is 0 Å². The third-order valence-corrected chi connectivity index (χ3v) is 9.19. The maximum Gasteiger partial charge on any atom is 0.0882 e. The molecule has 25 heavy (non-hydrogen) atoms. The predicted molar refractivity (Wildman–Crippen MR) is 99.1 cm³/mol. The minimum Gasteiger partial charge on any atom is -0.396 e. The van der Waals surface area contributed by atoms with E-state index in [1.54, 1.807) is 7.11 Å². The number of rotatable bonds is 4. The van der Waals surface area contributed by atoms with Crippen LogP contribution in [0.2, 0.25) is 0 Å². The molecule has 3 nitrogen and oxygen atoms in total. The van der Waals surface area contributed by atoms with Crippen LogP contribution >= 0.6 is 0 Å². The second-order valence-corrected chi connectivity index (χ2v) is 10.2. The van der Waals surface area contributed by atoms with Gasteiger partial charge in [-0.05, 0) is 105 Å². The van der Waals surface area contributed by atoms with E-state index in [0.717, 1.165) is 48.9 Å². The Kier molecular flexibility index (Phi) is 4.96. The van der Waals surface area contributed by atoms with Gasteiger partial charge in [0.1, 0.15) is 0 Å². The second-order valence-electron chi connectivity index (χ2n) is 10.2. The third kappa shape index (κ3) is 2.99. The molecule has 0 aliphatic heterocycles. The summed E-state index contributed by atoms with van der Waals surface area (Å²) in [6.07, 6.45) is 12.3. The van der Waals surface area contributed by atoms with Crippen molar-refractivity contribution in [3.63, 3.8) is 0 Å². The van der Waals surface area contributed by atoms with E-state index in [9.17, 15) is 10.2 Å². The standard InChI is InChI=1S/C22H38O3/c1-21-10-7-18-17-8-11-22(24,14-25-2)13-15(17)3-5-19(18)20(21)6-4-16(21)9-12-23/h15-20,23-24H,3-14H2,1-2H3/t15-,16+,17-,18+,19+,20-,21+,22+/m0/s1. The van der Waals surface area contributed by atoms with Gasteiger partial charge in [0.25, 0.3) is 0 Å². The van der Waals surface area contributed by atoms with Crippen LogP contribution in [0.4, 0.5) is 0 Å². The number of aliphatic hydroxyl groups is 2. The molecule has 0 aromatic heterocycles. The van der Waals surface area contributed by atoms with Gasteiger partial charge in [0.15, 0.2) is 0 Å². The molecular formula is C22H38O3. The Bertz CT molecular complexity index is 480. The van der Waals surface area contributed by atoms with Crippen LogP contribution in [0.25, 0.3) is 0 Å². The number of ether oxygens (including phenoxy) is 1. The number of methoxy groups -OCH3 is 1. The molecule has 144 valence electrons. The van der Waals surface area contributed by atoms with Gasteiger partial charge < -0.3 is 14.9 Å². The quantitative estimate of drug-likeness (QED) is 0.805. The van der Waals surface area contributed by atoms with E-state index >= 15 is 0 Å². The molecule has 4 aliphatic carbocycles. The van der Waals surface area contributed by atoms with E-state index in [1.165, 1.54) is 44.9 Å². The summed E-state index contributed by atoms with van der Waals surface area (Å²) in [6.45, 7) is 3.42. The van der Waals surface area contributed by atoms with Crippen molar-refractivity contribution in [2.45, 2.75) is 76.7 Å². The van der Waals surface area contributed by atoms with Crippen LogP contribution in [0.15, 0.2) is 0 Å². The van der Waals surface area contributed by atoms with E-state index in [0.29, 0.717) is 24.5 Å². The molecule has 0 amide bonds. The first-order valence-electron chi connectivity index (χ1n) is 10.8. The molecule has 2 N–H and O–H groups in total. The lowest BCUT2D eigenvalue weighted by Crippen LogP contribution is -2.51. The van der Waals surface area contributed by atoms with Crippen LogP contribution in [0.3, 0.4) is 0 Å². The summed E-state index contributed by atoms with van der Waals surface area (Å²) in [5.74, 6) is 5.02. The summed E-state index contributed by atoms with van der Waals surface area (Å²) in [6, 6.07) is 0. The number of hydrogen-bond donors (Lipinski definition) is 2. The molecule has 0 saturated heterocycles. The highest BCUT2D eigenvalue weighted by Gasteiger charge is 2.57. The monoisotopic (exact) mass is 350 g/mol. The van der Waals surface area contributed by atoms with Gasteiger partial charge in [0.2, 0.25) is 0 Å². The van der Waals surface area contributed by atoms with Crippen LogP contribution in [0.1, 0.15) is 71.1 Å². The highest BCUT2D eigenvalue weighted by molar-refractivity contribution is 5.07. The van der Waals surface area contributed by atoms with Gasteiger partial charge >= 0.3 is 0 Å². The number of fused-ring (bicyclic) bond motifs is 5. The lowest BCUT2D eigenvalue weighted by molar-refractivity contribution is -0.124. The zero-order valence-electron chi connectivity index (χ0n) is 16.3. The molecule has 0 unspecified atom stereocenters. The number of aliphatic hydroxyl groups excluding tert-OH is 1. The van der Waals surface area contributed by atoms with E-state index < -0.39 is 5.60 Å². The fourth-order valence-electron chi connectivity index (χ4n) is 8.10. The Hall–Kier alpha value is -0.120. The van der Waals surface area contributed by atoms with E-state index in [4.69, 9.17) is 4.74 Å². The van der Waals surface area contributed by atoms with E-state index in [2.05, 4.69) is 6.92 Å². The van der Waals surface area contributed by atoms with Crippen molar-refractivity contribution in [1.29, 1.82) is 0 Å². The third-order valence-electron chi connectivity index (χ3n) is 9.19. The summed E-state index contributed by atoms with van der Waals surface area (Å²) in [5, 5.41) is 20.3. The normalized spacial score (nSPS) is 52.3. The fraction of sp³-hybridized carbons (Fsp3) is 1.00. The Labute approximate surface area is 153 Å². The Morgan fingerprint density at radius 3 is 2.52 bits per heavy atom. The molecule has 0 aromatic rings. The molecule has 0 radical (unpaired) electrons. The van der Waals surface area contributed by atoms with Crippen molar-refractivity contribution < 1.29 is 14.9 Å². The van der Waals surface area contributed by atoms with Gasteiger partial charge in [-0.3, -0.25) is 0 Å². The summed E-state index contributed by atoms with van der Waals surface area (Å²) in [4.78, 5) is 0. The summed E-state index contributed by atoms with van der Waals surface area (Å²) in [5.41, 5.74) is -0.0757. The minimum atomic E-state index is -0.564. The van der Waals surface area contributed by atoms with Crippen LogP contribution in [0, 0.1) is 40.9 Å². The van der Waals surface area contributed by atoms with E-state index in [-0.39, 0.29) is 0 Å². The predicted octanol–water partition coefficient (Wildman–Crippen LogP) is 4.02. The van der Waals surface area contributed by atoms with Gasteiger partial charge in [-0.25, -0.2) is 0 Å². The van der Waals surface area contributed by atoms with Gasteiger partial charge in [-0.15, -0.1) is 0 Å². The second kappa shape index (κ2) is 6.80. The molecule has 4 rings (SSSR count). The van der Waals surface area contributed by atoms with E-state index in [1.807, 2.05) is 0 Å². The molecule has 0 heterocycles. The molecule has 0 bridgehead atoms. The van der Waals surface area contributed by atoms with Crippen LogP contribution < -0.4 is 0 Å². The molecule has 4 aliphatic rings. The number of hydrogen-bond acceptors (Lipinski definition) is 3. The van der Waals surface area contributed by atoms with Crippen molar-refractivity contribution in [3.05, 3.63) is 0 Å². The van der Waals surface area contributed by atoms with Crippen molar-refractivity contribution >= 4 is 0 Å². The van der Waals surface area contributed by atoms with Gasteiger partial charge in [0.05, 0.1) is 12.2 Å². The van der Waals surface area contributed by atoms with Crippen LogP contribution in [-0.4, -0.2) is 36.1 Å². The maximum absolute atomic E-state index is 10.8. The van der Waals surface area contributed by atoms with Gasteiger partial charge in [-0.1, -0.05) is 6.92 Å². The summed E-state index contributed by atoms with van der Waals surface area (Å²) in [7, 11) is 1.71. The average molecular weight is 351 g/mol. The first-order valence-corrected chi connectivity index (χ1v) is 10.8. The topological polar surface area (TPSA) is 49.7 Å². The highest BCUT2D eigenvalue weighted by atomic mass is 16.5. The van der Waals surface area contributed by atoms with Crippen LogP contribution in [-0.2, 0) is 4.74 Å². The molecule has 0 aromatic carbocycles. The Morgan fingerprint density at radius 1 is 0.960 bits per heavy atom. The molecule has 4 fully saturated rings. The first kappa shape index (κ1) is 18.3. The Balaban J connectivity index is 1.48. The van der Waals surface area contributed by atoms with Crippen molar-refractivity contribution in [1.82, 2.24) is 0 Å². The first-order chi connectivity index (χ1) is 12.0. The lowest BCUT2D eigenvalue weighted by atomic mass is 9.49. The molecular weight excluding hydrogens is 312 g/mol. The van der Waals surface area contributed by atoms with Gasteiger partial charge in [0, 0.05) is 13.7 Å². The molecule has 0 spiro atoms. The zero-order chi connectivity index (χ0) is 17.7. The average Bonchev–Trinajstić information content (AvgIpc) is 2.91. The maximum atomic E-state index is 10.8. The smallest absolute Gasteiger partial charge is 0.0882 e. The highest BCUT2D eigenvalue weighted by Crippen LogP contribution is 2.65. The van der Waals surface area contributed by atoms with Gasteiger partial charge in [-0.2, -0.15) is 0 Å². The fourth-order valence-corrected chi connectivity index (χ4v) is 8.10. The summed E-state index contributed by atoms with van der Waals surface area (Å²) >= 11 is 0. The molecule has 4 saturated carbocycles. The zero-order valence-corrected chi connectivity index (χ0v) is 16.3. The Morgan fingerprint density at radius 2 is 1.76 bits per heavy atom. The summed E-state index contributed by atoms with van der Waals surface area (Å²) < 4.78 is 5.31. The van der Waals surface area contributed by atoms with Crippen molar-refractivity contribution in [2.75, 3.05) is 20.3 Å². The minimum absolute atomic E-state index is 0.365. The molecule has 3 heteroatoms. The van der Waals surface area contributed by atoms with Crippen molar-refractivity contribution in [2.24, 2.45) is 40.9 Å². The largest absolute Gasteiger partial charge is 0.396 e. The molecule has 8 atom stereocenters. The van der Waals surface area contributed by atoms with Crippen molar-refractivity contribution in [3.8, 4) is 0 Å². The SMILES string of the molecule is COC[C@@]1(O)CC[C@H]2[C@@H](CC[C@@H]3[C@@H]2CC[C@]2(C)[C@@H](CCO)CC[C@@H]32)C1.